The monoisotopic (exact) mass is 432 g/mol. The number of aliphatic imine (C=N–C) groups is 1. The Morgan fingerprint density at radius 3 is 2.56 bits per heavy atom. The number of nitrogens with one attached hydrogen (secondary N) is 3. The maximum Gasteiger partial charge on any atom is 0.227 e. The summed E-state index contributed by atoms with van der Waals surface area (Å²) in [5.74, 6) is 0.757. The summed E-state index contributed by atoms with van der Waals surface area (Å²) in [6.07, 6.45) is 4.57. The molecule has 1 atom stereocenters. The van der Waals surface area contributed by atoms with Crippen LogP contribution in [0.15, 0.2) is 72.0 Å². The molecule has 3 aromatic rings. The molecule has 0 aliphatic heterocycles. The van der Waals surface area contributed by atoms with Gasteiger partial charge in [-0.3, -0.25) is 14.5 Å². The Morgan fingerprint density at radius 1 is 1.06 bits per heavy atom. The lowest BCUT2D eigenvalue weighted by molar-refractivity contribution is -0.119. The maximum atomic E-state index is 12.2. The Bertz CT molecular complexity index is 1030. The molecule has 3 rings (SSSR count). The van der Waals surface area contributed by atoms with Crippen molar-refractivity contribution in [2.24, 2.45) is 10.9 Å². The van der Waals surface area contributed by atoms with Gasteiger partial charge in [0.1, 0.15) is 0 Å². The molecule has 168 valence electrons. The third-order valence-electron chi connectivity index (χ3n) is 5.39. The van der Waals surface area contributed by atoms with Gasteiger partial charge < -0.3 is 16.0 Å². The second kappa shape index (κ2) is 11.7. The molecule has 2 aromatic carbocycles. The van der Waals surface area contributed by atoms with Gasteiger partial charge in [-0.1, -0.05) is 50.2 Å². The first-order valence-electron chi connectivity index (χ1n) is 11.0. The molecule has 0 bridgehead atoms. The maximum absolute atomic E-state index is 12.2. The van der Waals surface area contributed by atoms with E-state index >= 15 is 0 Å². The Hall–Kier alpha value is -3.61. The van der Waals surface area contributed by atoms with E-state index in [-0.39, 0.29) is 11.8 Å². The van der Waals surface area contributed by atoms with Crippen LogP contribution in [0.3, 0.4) is 0 Å². The highest BCUT2D eigenvalue weighted by atomic mass is 16.1. The average molecular weight is 433 g/mol. The van der Waals surface area contributed by atoms with Gasteiger partial charge in [0.15, 0.2) is 5.96 Å². The summed E-state index contributed by atoms with van der Waals surface area (Å²) in [4.78, 5) is 16.5. The molecule has 0 aliphatic carbocycles. The molecule has 0 saturated carbocycles. The van der Waals surface area contributed by atoms with Crippen LogP contribution in [-0.2, 0) is 24.4 Å². The normalized spacial score (nSPS) is 12.3. The number of benzene rings is 2. The first-order chi connectivity index (χ1) is 15.6. The quantitative estimate of drug-likeness (QED) is 0.355. The van der Waals surface area contributed by atoms with Gasteiger partial charge >= 0.3 is 0 Å². The van der Waals surface area contributed by atoms with Gasteiger partial charge in [0.25, 0.3) is 0 Å². The van der Waals surface area contributed by atoms with Gasteiger partial charge in [-0.2, -0.15) is 5.10 Å². The van der Waals surface area contributed by atoms with Crippen molar-refractivity contribution in [3.8, 4) is 0 Å². The molecule has 0 aliphatic rings. The van der Waals surface area contributed by atoms with E-state index in [0.717, 1.165) is 24.2 Å². The molecular weight excluding hydrogens is 400 g/mol. The van der Waals surface area contributed by atoms with Crippen molar-refractivity contribution in [1.29, 1.82) is 0 Å². The lowest BCUT2D eigenvalue weighted by Gasteiger charge is -2.15. The third-order valence-corrected chi connectivity index (χ3v) is 5.39. The summed E-state index contributed by atoms with van der Waals surface area (Å²) in [5, 5.41) is 14.0. The summed E-state index contributed by atoms with van der Waals surface area (Å²) < 4.78 is 1.92. The highest BCUT2D eigenvalue weighted by Gasteiger charge is 2.10. The highest BCUT2D eigenvalue weighted by molar-refractivity contribution is 5.92. The summed E-state index contributed by atoms with van der Waals surface area (Å²) >= 11 is 0. The molecule has 32 heavy (non-hydrogen) atoms. The number of anilines is 1. The molecule has 7 nitrogen and oxygen atoms in total. The van der Waals surface area contributed by atoms with E-state index in [1.165, 1.54) is 11.1 Å². The largest absolute Gasteiger partial charge is 0.352 e. The van der Waals surface area contributed by atoms with Gasteiger partial charge in [0.2, 0.25) is 5.91 Å². The standard InChI is InChI=1S/C25H32N6O/c1-4-19(2)24(32)30-23-12-7-9-20(15-23)16-27-25(26-3)28-17-21-10-5-6-11-22(21)18-31-14-8-13-29-31/h5-15,19H,4,16-18H2,1-3H3,(H,30,32)(H2,26,27,28). The van der Waals surface area contributed by atoms with Gasteiger partial charge in [0, 0.05) is 44.1 Å². The SMILES string of the molecule is CCC(C)C(=O)Nc1cccc(CNC(=NC)NCc2ccccc2Cn2cccn2)c1. The molecule has 7 heteroatoms. The third kappa shape index (κ3) is 6.70. The Balaban J connectivity index is 1.55. The molecular formula is C25H32N6O. The summed E-state index contributed by atoms with van der Waals surface area (Å²) in [6.45, 7) is 5.93. The number of guanidine groups is 1. The van der Waals surface area contributed by atoms with Crippen LogP contribution in [0.5, 0.6) is 0 Å². The van der Waals surface area contributed by atoms with Crippen LogP contribution in [0.2, 0.25) is 0 Å². The molecule has 0 fully saturated rings. The van der Waals surface area contributed by atoms with Gasteiger partial charge in [-0.05, 0) is 41.3 Å². The van der Waals surface area contributed by atoms with Crippen LogP contribution in [0, 0.1) is 5.92 Å². The molecule has 3 N–H and O–H groups in total. The molecule has 0 spiro atoms. The minimum Gasteiger partial charge on any atom is -0.352 e. The predicted molar refractivity (Wildman–Crippen MR) is 129 cm³/mol. The fourth-order valence-electron chi connectivity index (χ4n) is 3.25. The minimum atomic E-state index is -0.00372. The fraction of sp³-hybridized carbons (Fsp3) is 0.320. The van der Waals surface area contributed by atoms with E-state index in [0.29, 0.717) is 19.0 Å². The molecule has 1 unspecified atom stereocenters. The second-order valence-corrected chi connectivity index (χ2v) is 7.75. The zero-order chi connectivity index (χ0) is 22.8. The number of hydrogen-bond donors (Lipinski definition) is 3. The summed E-state index contributed by atoms with van der Waals surface area (Å²) in [7, 11) is 1.76. The van der Waals surface area contributed by atoms with E-state index < -0.39 is 0 Å². The summed E-state index contributed by atoms with van der Waals surface area (Å²) in [5.41, 5.74) is 4.28. The topological polar surface area (TPSA) is 83.3 Å². The number of hydrogen-bond acceptors (Lipinski definition) is 3. The van der Waals surface area contributed by atoms with Crippen molar-refractivity contribution in [2.75, 3.05) is 12.4 Å². The average Bonchev–Trinajstić information content (AvgIpc) is 3.33. The van der Waals surface area contributed by atoms with Gasteiger partial charge in [-0.15, -0.1) is 0 Å². The number of aromatic nitrogens is 2. The van der Waals surface area contributed by atoms with E-state index in [1.807, 2.05) is 67.2 Å². The van der Waals surface area contributed by atoms with Crippen LogP contribution < -0.4 is 16.0 Å². The first-order valence-corrected chi connectivity index (χ1v) is 11.0. The number of nitrogens with zero attached hydrogens (tertiary/aromatic N) is 3. The molecule has 1 aromatic heterocycles. The summed E-state index contributed by atoms with van der Waals surface area (Å²) in [6, 6.07) is 18.1. The lowest BCUT2D eigenvalue weighted by atomic mass is 10.1. The smallest absolute Gasteiger partial charge is 0.227 e. The Kier molecular flexibility index (Phi) is 8.43. The van der Waals surface area contributed by atoms with Gasteiger partial charge in [0.05, 0.1) is 6.54 Å². The van der Waals surface area contributed by atoms with Crippen molar-refractivity contribution < 1.29 is 4.79 Å². The molecule has 1 heterocycles. The van der Waals surface area contributed by atoms with Crippen LogP contribution >= 0.6 is 0 Å². The predicted octanol–water partition coefficient (Wildman–Crippen LogP) is 3.78. The van der Waals surface area contributed by atoms with Crippen molar-refractivity contribution >= 4 is 17.6 Å². The minimum absolute atomic E-state index is 0.00372. The number of amides is 1. The van der Waals surface area contributed by atoms with E-state index in [9.17, 15) is 4.79 Å². The number of carbonyl (C=O) groups excluding carboxylic acids is 1. The molecule has 0 saturated heterocycles. The zero-order valence-corrected chi connectivity index (χ0v) is 19.0. The fourth-order valence-corrected chi connectivity index (χ4v) is 3.25. The van der Waals surface area contributed by atoms with Crippen LogP contribution in [-0.4, -0.2) is 28.7 Å². The zero-order valence-electron chi connectivity index (χ0n) is 19.0. The second-order valence-electron chi connectivity index (χ2n) is 7.75. The van der Waals surface area contributed by atoms with E-state index in [1.54, 1.807) is 13.2 Å². The number of carbonyl (C=O) groups is 1. The van der Waals surface area contributed by atoms with Crippen LogP contribution in [0.4, 0.5) is 5.69 Å². The lowest BCUT2D eigenvalue weighted by Crippen LogP contribution is -2.36. The van der Waals surface area contributed by atoms with Crippen LogP contribution in [0.25, 0.3) is 0 Å². The first kappa shape index (κ1) is 23.1. The molecule has 0 radical (unpaired) electrons. The van der Waals surface area contributed by atoms with Crippen LogP contribution in [0.1, 0.15) is 37.0 Å². The Labute approximate surface area is 190 Å². The van der Waals surface area contributed by atoms with E-state index in [2.05, 4.69) is 38.2 Å². The van der Waals surface area contributed by atoms with Crippen molar-refractivity contribution in [1.82, 2.24) is 20.4 Å². The Morgan fingerprint density at radius 2 is 1.84 bits per heavy atom. The van der Waals surface area contributed by atoms with Crippen molar-refractivity contribution in [3.63, 3.8) is 0 Å². The van der Waals surface area contributed by atoms with E-state index in [4.69, 9.17) is 0 Å². The molecule has 1 amide bonds. The van der Waals surface area contributed by atoms with Crippen molar-refractivity contribution in [2.45, 2.75) is 39.9 Å². The highest BCUT2D eigenvalue weighted by Crippen LogP contribution is 2.13. The van der Waals surface area contributed by atoms with Gasteiger partial charge in [-0.25, -0.2) is 0 Å². The number of rotatable bonds is 9. The van der Waals surface area contributed by atoms with Crippen molar-refractivity contribution in [3.05, 3.63) is 83.7 Å².